The van der Waals surface area contributed by atoms with Gasteiger partial charge in [0.15, 0.2) is 0 Å². The van der Waals surface area contributed by atoms with Crippen LogP contribution in [0.15, 0.2) is 48.5 Å². The Kier molecular flexibility index (Phi) is 3.56. The van der Waals surface area contributed by atoms with Gasteiger partial charge in [0.1, 0.15) is 0 Å². The van der Waals surface area contributed by atoms with Crippen LogP contribution in [0.5, 0.6) is 0 Å². The van der Waals surface area contributed by atoms with Crippen molar-refractivity contribution in [3.63, 3.8) is 0 Å². The molecule has 100 valence electrons. The van der Waals surface area contributed by atoms with E-state index in [-0.39, 0.29) is 5.91 Å². The number of benzene rings is 2. The van der Waals surface area contributed by atoms with Gasteiger partial charge >= 0.3 is 0 Å². The molecule has 0 atom stereocenters. The molecule has 3 rings (SSSR count). The van der Waals surface area contributed by atoms with Gasteiger partial charge in [0.25, 0.3) is 0 Å². The van der Waals surface area contributed by atoms with Gasteiger partial charge in [-0.3, -0.25) is 9.89 Å². The molecule has 0 spiro atoms. The van der Waals surface area contributed by atoms with Crippen LogP contribution in [-0.2, 0) is 0 Å². The van der Waals surface area contributed by atoms with Gasteiger partial charge in [-0.05, 0) is 29.8 Å². The predicted octanol–water partition coefficient (Wildman–Crippen LogP) is 2.55. The van der Waals surface area contributed by atoms with Crippen molar-refractivity contribution < 1.29 is 4.79 Å². The van der Waals surface area contributed by atoms with Gasteiger partial charge in [-0.15, -0.1) is 0 Å². The Morgan fingerprint density at radius 3 is 2.62 bits per heavy atom. The number of hydrogen-bond acceptors (Lipinski definition) is 2. The number of para-hydroxylation sites is 1. The molecule has 0 saturated heterocycles. The lowest BCUT2D eigenvalue weighted by Gasteiger charge is -1.99. The van der Waals surface area contributed by atoms with Crippen LogP contribution in [0.3, 0.4) is 0 Å². The minimum atomic E-state index is -0.302. The van der Waals surface area contributed by atoms with Crippen molar-refractivity contribution >= 4 is 36.9 Å². The van der Waals surface area contributed by atoms with Crippen LogP contribution >= 0.6 is 0 Å². The Hall–Kier alpha value is -2.82. The summed E-state index contributed by atoms with van der Waals surface area (Å²) in [6, 6.07) is 15.1. The highest BCUT2D eigenvalue weighted by Crippen LogP contribution is 2.17. The average molecular weight is 273 g/mol. The molecular weight excluding hydrogens is 261 g/mol. The van der Waals surface area contributed by atoms with Crippen molar-refractivity contribution in [3.8, 4) is 0 Å². The molecule has 0 aliphatic carbocycles. The summed E-state index contributed by atoms with van der Waals surface area (Å²) < 4.78 is 0. The zero-order valence-corrected chi connectivity index (χ0v) is 11.2. The number of carbonyl (C=O) groups excluding carboxylic acids is 1. The molecule has 2 aromatic carbocycles. The third-order valence-electron chi connectivity index (χ3n) is 3.24. The molecule has 2 radical (unpaired) electrons. The maximum Gasteiger partial charge on any atom is 0.238 e. The fourth-order valence-electron chi connectivity index (χ4n) is 2.12. The van der Waals surface area contributed by atoms with E-state index in [0.29, 0.717) is 5.56 Å². The zero-order valence-electron chi connectivity index (χ0n) is 11.2. The summed E-state index contributed by atoms with van der Waals surface area (Å²) >= 11 is 0. The number of carbonyl (C=O) groups is 1. The largest absolute Gasteiger partial charge is 0.405 e. The molecule has 21 heavy (non-hydrogen) atoms. The lowest BCUT2D eigenvalue weighted by atomic mass is 10.1. The number of H-pyrrole nitrogens is 1. The normalized spacial score (nSPS) is 11.0. The van der Waals surface area contributed by atoms with Gasteiger partial charge in [0.2, 0.25) is 13.9 Å². The fraction of sp³-hybridized carbons (Fsp3) is 0. The quantitative estimate of drug-likeness (QED) is 0.720. The smallest absolute Gasteiger partial charge is 0.238 e. The topological polar surface area (TPSA) is 57.8 Å². The summed E-state index contributed by atoms with van der Waals surface area (Å²) in [5.74, 6) is -0.302. The Morgan fingerprint density at radius 1 is 1.10 bits per heavy atom. The van der Waals surface area contributed by atoms with Crippen LogP contribution in [0.4, 0.5) is 0 Å². The number of amides is 1. The number of hydrogen-bond donors (Lipinski definition) is 2. The van der Waals surface area contributed by atoms with Crippen molar-refractivity contribution in [2.75, 3.05) is 0 Å². The van der Waals surface area contributed by atoms with Crippen LogP contribution in [0, 0.1) is 0 Å². The highest BCUT2D eigenvalue weighted by molar-refractivity contribution is 6.18. The van der Waals surface area contributed by atoms with Gasteiger partial charge in [-0.1, -0.05) is 36.4 Å². The van der Waals surface area contributed by atoms with E-state index in [1.54, 1.807) is 12.1 Å². The highest BCUT2D eigenvalue weighted by Gasteiger charge is 2.02. The SMILES string of the molecule is [B]NC(=O)c1ccc(/C=C/c2n[nH]c3ccccc23)cc1. The summed E-state index contributed by atoms with van der Waals surface area (Å²) in [4.78, 5) is 11.3. The molecule has 1 heterocycles. The molecule has 0 aliphatic rings. The van der Waals surface area contributed by atoms with E-state index in [1.807, 2.05) is 48.6 Å². The molecule has 0 fully saturated rings. The van der Waals surface area contributed by atoms with E-state index in [9.17, 15) is 4.79 Å². The summed E-state index contributed by atoms with van der Waals surface area (Å²) in [5, 5.41) is 10.4. The number of fused-ring (bicyclic) bond motifs is 1. The standard InChI is InChI=1S/C16H12BN3O/c17-18-16(21)12-8-5-11(6-9-12)7-10-15-13-3-1-2-4-14(13)19-20-15/h1-10H,(H,18,21)(H,19,20)/b10-7+. The first-order chi connectivity index (χ1) is 10.3. The first kappa shape index (κ1) is 13.2. The van der Waals surface area contributed by atoms with Crippen LogP contribution in [-0.4, -0.2) is 24.1 Å². The summed E-state index contributed by atoms with van der Waals surface area (Å²) in [6.07, 6.45) is 3.89. The minimum absolute atomic E-state index is 0.302. The summed E-state index contributed by atoms with van der Waals surface area (Å²) in [6.45, 7) is 0. The van der Waals surface area contributed by atoms with Gasteiger partial charge in [-0.25, -0.2) is 0 Å². The molecule has 5 heteroatoms. The molecular formula is C16H12BN3O. The molecule has 0 unspecified atom stereocenters. The van der Waals surface area contributed by atoms with Crippen LogP contribution in [0.25, 0.3) is 23.1 Å². The van der Waals surface area contributed by atoms with Crippen molar-refractivity contribution in [1.29, 1.82) is 0 Å². The molecule has 1 amide bonds. The number of aromatic amines is 1. The second-order valence-corrected chi connectivity index (χ2v) is 4.58. The number of rotatable bonds is 3. The Labute approximate surface area is 123 Å². The second kappa shape index (κ2) is 5.67. The molecule has 1 aromatic heterocycles. The van der Waals surface area contributed by atoms with Crippen molar-refractivity contribution in [2.45, 2.75) is 0 Å². The molecule has 0 saturated carbocycles. The maximum atomic E-state index is 11.3. The number of aromatic nitrogens is 2. The van der Waals surface area contributed by atoms with E-state index in [0.717, 1.165) is 22.2 Å². The van der Waals surface area contributed by atoms with Crippen molar-refractivity contribution in [1.82, 2.24) is 15.4 Å². The highest BCUT2D eigenvalue weighted by atomic mass is 16.1. The van der Waals surface area contributed by atoms with E-state index in [2.05, 4.69) is 15.4 Å². The van der Waals surface area contributed by atoms with Crippen LogP contribution in [0.2, 0.25) is 0 Å². The zero-order chi connectivity index (χ0) is 14.7. The van der Waals surface area contributed by atoms with E-state index < -0.39 is 0 Å². The Bertz CT molecular complexity index is 806. The molecule has 3 aromatic rings. The number of nitrogens with zero attached hydrogens (tertiary/aromatic N) is 1. The lowest BCUT2D eigenvalue weighted by Crippen LogP contribution is -2.19. The first-order valence-corrected chi connectivity index (χ1v) is 6.50. The van der Waals surface area contributed by atoms with E-state index in [1.165, 1.54) is 0 Å². The monoisotopic (exact) mass is 273 g/mol. The molecule has 0 bridgehead atoms. The van der Waals surface area contributed by atoms with Gasteiger partial charge in [-0.2, -0.15) is 5.10 Å². The summed E-state index contributed by atoms with van der Waals surface area (Å²) in [7, 11) is 5.09. The third-order valence-corrected chi connectivity index (χ3v) is 3.24. The minimum Gasteiger partial charge on any atom is -0.405 e. The van der Waals surface area contributed by atoms with Crippen molar-refractivity contribution in [2.24, 2.45) is 0 Å². The predicted molar refractivity (Wildman–Crippen MR) is 84.7 cm³/mol. The molecule has 0 aliphatic heterocycles. The van der Waals surface area contributed by atoms with E-state index in [4.69, 9.17) is 7.98 Å². The van der Waals surface area contributed by atoms with Gasteiger partial charge in [0, 0.05) is 10.9 Å². The molecule has 2 N–H and O–H groups in total. The summed E-state index contributed by atoms with van der Waals surface area (Å²) in [5.41, 5.74) is 3.40. The van der Waals surface area contributed by atoms with Gasteiger partial charge < -0.3 is 5.23 Å². The van der Waals surface area contributed by atoms with E-state index >= 15 is 0 Å². The number of nitrogens with one attached hydrogen (secondary N) is 2. The molecule has 4 nitrogen and oxygen atoms in total. The van der Waals surface area contributed by atoms with Crippen molar-refractivity contribution in [3.05, 3.63) is 65.4 Å². The Morgan fingerprint density at radius 2 is 1.86 bits per heavy atom. The first-order valence-electron chi connectivity index (χ1n) is 6.50. The van der Waals surface area contributed by atoms with Gasteiger partial charge in [0.05, 0.1) is 11.2 Å². The third kappa shape index (κ3) is 2.72. The van der Waals surface area contributed by atoms with Crippen LogP contribution < -0.4 is 5.23 Å². The maximum absolute atomic E-state index is 11.3. The second-order valence-electron chi connectivity index (χ2n) is 4.58. The Balaban J connectivity index is 1.84. The fourth-order valence-corrected chi connectivity index (χ4v) is 2.12. The lowest BCUT2D eigenvalue weighted by molar-refractivity contribution is 0.0981. The van der Waals surface area contributed by atoms with Crippen LogP contribution in [0.1, 0.15) is 21.6 Å². The average Bonchev–Trinajstić information content (AvgIpc) is 2.96.